The van der Waals surface area contributed by atoms with E-state index < -0.39 is 0 Å². The third-order valence-corrected chi connectivity index (χ3v) is 1.54. The minimum Gasteiger partial charge on any atom is -0.372 e. The molecule has 0 bridgehead atoms. The van der Waals surface area contributed by atoms with Crippen LogP contribution in [-0.2, 0) is 4.74 Å². The van der Waals surface area contributed by atoms with Crippen LogP contribution in [0, 0.1) is 11.8 Å². The first-order valence-corrected chi connectivity index (χ1v) is 4.21. The highest BCUT2D eigenvalue weighted by Gasteiger charge is 1.96. The summed E-state index contributed by atoms with van der Waals surface area (Å²) in [5.74, 6) is 6.57. The van der Waals surface area contributed by atoms with E-state index in [4.69, 9.17) is 4.74 Å². The van der Waals surface area contributed by atoms with Gasteiger partial charge in [0.05, 0.1) is 0 Å². The Morgan fingerprint density at radius 1 is 1.43 bits per heavy atom. The summed E-state index contributed by atoms with van der Waals surface area (Å²) in [7, 11) is 5.46. The van der Waals surface area contributed by atoms with Crippen LogP contribution in [0.5, 0.6) is 0 Å². The lowest BCUT2D eigenvalue weighted by molar-refractivity contribution is 0.240. The molecule has 0 aliphatic carbocycles. The highest BCUT2D eigenvalue weighted by Crippen LogP contribution is 2.05. The van der Waals surface area contributed by atoms with Gasteiger partial charge in [-0.3, -0.25) is 0 Å². The lowest BCUT2D eigenvalue weighted by Crippen LogP contribution is -2.10. The predicted octanol–water partition coefficient (Wildman–Crippen LogP) is 0.540. The number of hydrogen-bond donors (Lipinski definition) is 0. The van der Waals surface area contributed by atoms with Crippen molar-refractivity contribution in [2.45, 2.75) is 0 Å². The molecule has 0 spiro atoms. The maximum absolute atomic E-state index is 4.81. The van der Waals surface area contributed by atoms with E-state index in [1.54, 1.807) is 7.11 Å². The van der Waals surface area contributed by atoms with Crippen molar-refractivity contribution in [3.63, 3.8) is 0 Å². The topological polar surface area (TPSA) is 38.2 Å². The van der Waals surface area contributed by atoms with Gasteiger partial charge in [-0.25, -0.2) is 9.97 Å². The smallest absolute Gasteiger partial charge is 0.132 e. The van der Waals surface area contributed by atoms with E-state index in [1.807, 2.05) is 25.1 Å². The van der Waals surface area contributed by atoms with Gasteiger partial charge in [-0.2, -0.15) is 0 Å². The zero-order chi connectivity index (χ0) is 10.4. The first-order valence-electron chi connectivity index (χ1n) is 4.21. The molecular formula is C10H13N3O. The van der Waals surface area contributed by atoms with Gasteiger partial charge >= 0.3 is 0 Å². The summed E-state index contributed by atoms with van der Waals surface area (Å²) in [6.07, 6.45) is 1.51. The lowest BCUT2D eigenvalue weighted by Gasteiger charge is -2.09. The van der Waals surface area contributed by atoms with Crippen molar-refractivity contribution in [3.05, 3.63) is 18.1 Å². The van der Waals surface area contributed by atoms with E-state index in [0.717, 1.165) is 5.82 Å². The van der Waals surface area contributed by atoms with Crippen LogP contribution >= 0.6 is 0 Å². The van der Waals surface area contributed by atoms with Crippen molar-refractivity contribution >= 4 is 5.82 Å². The maximum Gasteiger partial charge on any atom is 0.132 e. The van der Waals surface area contributed by atoms with Crippen LogP contribution in [0.25, 0.3) is 0 Å². The molecular weight excluding hydrogens is 178 g/mol. The Morgan fingerprint density at radius 2 is 2.21 bits per heavy atom. The minimum atomic E-state index is 0.418. The molecule has 1 aromatic rings. The highest BCUT2D eigenvalue weighted by molar-refractivity contribution is 5.41. The number of hydrogen-bond acceptors (Lipinski definition) is 4. The summed E-state index contributed by atoms with van der Waals surface area (Å²) < 4.78 is 4.81. The molecule has 4 nitrogen and oxygen atoms in total. The van der Waals surface area contributed by atoms with Crippen molar-refractivity contribution in [1.82, 2.24) is 9.97 Å². The lowest BCUT2D eigenvalue weighted by atomic mass is 10.4. The average Bonchev–Trinajstić information content (AvgIpc) is 2.19. The Morgan fingerprint density at radius 3 is 2.86 bits per heavy atom. The molecule has 0 aliphatic rings. The Balaban J connectivity index is 2.80. The standard InChI is InChI=1S/C10H13N3O/c1-13(2)10-7-9(11-8-12-10)5-4-6-14-3/h7-8H,6H2,1-3H3. The van der Waals surface area contributed by atoms with Crippen LogP contribution in [0.4, 0.5) is 5.82 Å². The van der Waals surface area contributed by atoms with Gasteiger partial charge in [0.25, 0.3) is 0 Å². The number of methoxy groups -OCH3 is 1. The van der Waals surface area contributed by atoms with Crippen molar-refractivity contribution in [2.24, 2.45) is 0 Å². The fraction of sp³-hybridized carbons (Fsp3) is 0.400. The molecule has 0 saturated carbocycles. The maximum atomic E-state index is 4.81. The number of anilines is 1. The zero-order valence-corrected chi connectivity index (χ0v) is 8.61. The molecule has 0 saturated heterocycles. The summed E-state index contributed by atoms with van der Waals surface area (Å²) in [6.45, 7) is 0.418. The quantitative estimate of drug-likeness (QED) is 0.639. The predicted molar refractivity (Wildman–Crippen MR) is 55.1 cm³/mol. The molecule has 0 radical (unpaired) electrons. The fourth-order valence-corrected chi connectivity index (χ4v) is 0.859. The molecule has 4 heteroatoms. The summed E-state index contributed by atoms with van der Waals surface area (Å²) in [5.41, 5.74) is 0.709. The molecule has 0 aliphatic heterocycles. The highest BCUT2D eigenvalue weighted by atomic mass is 16.5. The van der Waals surface area contributed by atoms with E-state index in [9.17, 15) is 0 Å². The molecule has 0 atom stereocenters. The number of aromatic nitrogens is 2. The second-order valence-electron chi connectivity index (χ2n) is 2.89. The Hall–Kier alpha value is -1.60. The van der Waals surface area contributed by atoms with Crippen LogP contribution < -0.4 is 4.90 Å². The van der Waals surface area contributed by atoms with Crippen molar-refractivity contribution < 1.29 is 4.74 Å². The molecule has 1 aromatic heterocycles. The summed E-state index contributed by atoms with van der Waals surface area (Å²) >= 11 is 0. The monoisotopic (exact) mass is 191 g/mol. The molecule has 1 heterocycles. The van der Waals surface area contributed by atoms with Gasteiger partial charge in [0.2, 0.25) is 0 Å². The first kappa shape index (κ1) is 10.5. The SMILES string of the molecule is COCC#Cc1cc(N(C)C)ncn1. The van der Waals surface area contributed by atoms with Crippen LogP contribution in [0.3, 0.4) is 0 Å². The summed E-state index contributed by atoms with van der Waals surface area (Å²) in [5, 5.41) is 0. The van der Waals surface area contributed by atoms with Crippen molar-refractivity contribution in [1.29, 1.82) is 0 Å². The average molecular weight is 191 g/mol. The Labute approximate surface area is 83.9 Å². The Bertz CT molecular complexity index is 352. The van der Waals surface area contributed by atoms with E-state index in [-0.39, 0.29) is 0 Å². The van der Waals surface area contributed by atoms with Crippen LogP contribution in [0.15, 0.2) is 12.4 Å². The normalized spacial score (nSPS) is 9.07. The van der Waals surface area contributed by atoms with E-state index in [1.165, 1.54) is 6.33 Å². The fourth-order valence-electron chi connectivity index (χ4n) is 0.859. The van der Waals surface area contributed by atoms with Crippen molar-refractivity contribution in [2.75, 3.05) is 32.7 Å². The van der Waals surface area contributed by atoms with Crippen LogP contribution in [-0.4, -0.2) is 37.8 Å². The third-order valence-electron chi connectivity index (χ3n) is 1.54. The molecule has 0 amide bonds. The second kappa shape index (κ2) is 5.20. The number of rotatable bonds is 2. The van der Waals surface area contributed by atoms with Gasteiger partial charge < -0.3 is 9.64 Å². The summed E-state index contributed by atoms with van der Waals surface area (Å²) in [6, 6.07) is 1.84. The number of ether oxygens (including phenoxy) is 1. The van der Waals surface area contributed by atoms with Gasteiger partial charge in [0, 0.05) is 27.3 Å². The van der Waals surface area contributed by atoms with Crippen LogP contribution in [0.1, 0.15) is 5.69 Å². The van der Waals surface area contributed by atoms with Gasteiger partial charge in [-0.15, -0.1) is 0 Å². The van der Waals surface area contributed by atoms with Gasteiger partial charge in [-0.1, -0.05) is 5.92 Å². The minimum absolute atomic E-state index is 0.418. The largest absolute Gasteiger partial charge is 0.372 e. The van der Waals surface area contributed by atoms with Gasteiger partial charge in [0.1, 0.15) is 24.4 Å². The van der Waals surface area contributed by atoms with E-state index in [2.05, 4.69) is 21.8 Å². The van der Waals surface area contributed by atoms with Gasteiger partial charge in [0.15, 0.2) is 0 Å². The molecule has 0 fully saturated rings. The third kappa shape index (κ3) is 3.04. The number of nitrogens with zero attached hydrogens (tertiary/aromatic N) is 3. The van der Waals surface area contributed by atoms with Crippen LogP contribution in [0.2, 0.25) is 0 Å². The second-order valence-corrected chi connectivity index (χ2v) is 2.89. The molecule has 74 valence electrons. The Kier molecular flexibility index (Phi) is 3.89. The molecule has 1 rings (SSSR count). The van der Waals surface area contributed by atoms with Crippen molar-refractivity contribution in [3.8, 4) is 11.8 Å². The van der Waals surface area contributed by atoms with Gasteiger partial charge in [-0.05, 0) is 5.92 Å². The molecule has 0 N–H and O–H groups in total. The molecule has 0 unspecified atom stereocenters. The van der Waals surface area contributed by atoms with E-state index >= 15 is 0 Å². The summed E-state index contributed by atoms with van der Waals surface area (Å²) in [4.78, 5) is 10.0. The molecule has 14 heavy (non-hydrogen) atoms. The molecule has 0 aromatic carbocycles. The van der Waals surface area contributed by atoms with E-state index in [0.29, 0.717) is 12.3 Å². The first-order chi connectivity index (χ1) is 6.74. The zero-order valence-electron chi connectivity index (χ0n) is 8.61.